The van der Waals surface area contributed by atoms with E-state index in [1.165, 1.54) is 12.1 Å². The first-order chi connectivity index (χ1) is 23.7. The number of hydrazine groups is 1. The number of rotatable bonds is 11. The van der Waals surface area contributed by atoms with Gasteiger partial charge in [0.2, 0.25) is 11.8 Å². The topological polar surface area (TPSA) is 119 Å². The first-order valence-electron chi connectivity index (χ1n) is 16.1. The van der Waals surface area contributed by atoms with E-state index in [0.717, 1.165) is 31.9 Å². The van der Waals surface area contributed by atoms with Crippen molar-refractivity contribution in [1.29, 1.82) is 0 Å². The third kappa shape index (κ3) is 7.36. The SMILES string of the molecule is CCCN(C(=O)NCc1ccc(CI)c(Cl)c1)N1CC(=O)N2[C@@H](Cc3ccc([N+](=O)[O-])cc3)C(=O)N(Cc3cccc4ccccc34)C[C@@H]21. The first-order valence-corrected chi connectivity index (χ1v) is 18.0. The van der Waals surface area contributed by atoms with Gasteiger partial charge in [0.25, 0.3) is 5.69 Å². The second kappa shape index (κ2) is 15.1. The average molecular weight is 795 g/mol. The van der Waals surface area contributed by atoms with Gasteiger partial charge in [0, 0.05) is 47.6 Å². The average Bonchev–Trinajstić information content (AvgIpc) is 3.43. The zero-order chi connectivity index (χ0) is 34.7. The molecule has 2 heterocycles. The fraction of sp³-hybridized carbons (Fsp3) is 0.306. The number of urea groups is 1. The number of nitro groups is 1. The minimum atomic E-state index is -0.863. The second-order valence-electron chi connectivity index (χ2n) is 12.2. The molecule has 4 amide bonds. The minimum absolute atomic E-state index is 0.0537. The fourth-order valence-corrected chi connectivity index (χ4v) is 7.80. The number of nitrogens with one attached hydrogen (secondary N) is 1. The number of carbonyl (C=O) groups is 3. The highest BCUT2D eigenvalue weighted by Crippen LogP contribution is 2.32. The van der Waals surface area contributed by atoms with Crippen molar-refractivity contribution in [3.8, 4) is 0 Å². The molecule has 4 aromatic rings. The number of benzene rings is 4. The van der Waals surface area contributed by atoms with Crippen LogP contribution in [0.5, 0.6) is 0 Å². The summed E-state index contributed by atoms with van der Waals surface area (Å²) in [5.41, 5.74) is 3.48. The zero-order valence-electron chi connectivity index (χ0n) is 26.9. The molecule has 2 aliphatic rings. The monoisotopic (exact) mass is 794 g/mol. The van der Waals surface area contributed by atoms with Crippen LogP contribution in [0.4, 0.5) is 10.5 Å². The molecule has 0 saturated carbocycles. The van der Waals surface area contributed by atoms with E-state index in [0.29, 0.717) is 30.1 Å². The van der Waals surface area contributed by atoms with Gasteiger partial charge in [-0.15, -0.1) is 0 Å². The number of alkyl halides is 1. The Balaban J connectivity index is 1.30. The van der Waals surface area contributed by atoms with Crippen LogP contribution in [0.3, 0.4) is 0 Å². The van der Waals surface area contributed by atoms with E-state index in [9.17, 15) is 24.5 Å². The Morgan fingerprint density at radius 3 is 2.47 bits per heavy atom. The first kappa shape index (κ1) is 34.6. The van der Waals surface area contributed by atoms with E-state index < -0.39 is 17.1 Å². The van der Waals surface area contributed by atoms with Crippen molar-refractivity contribution in [3.63, 3.8) is 0 Å². The Hall–Kier alpha value is -4.27. The lowest BCUT2D eigenvalue weighted by Gasteiger charge is -2.46. The molecule has 0 unspecified atom stereocenters. The molecule has 6 rings (SSSR count). The molecule has 0 bridgehead atoms. The van der Waals surface area contributed by atoms with Gasteiger partial charge in [-0.2, -0.15) is 5.01 Å². The van der Waals surface area contributed by atoms with Crippen LogP contribution < -0.4 is 5.32 Å². The molecule has 13 heteroatoms. The van der Waals surface area contributed by atoms with Crippen molar-refractivity contribution < 1.29 is 19.3 Å². The lowest BCUT2D eigenvalue weighted by Crippen LogP contribution is -2.66. The molecular formula is C36H36ClIN6O5. The zero-order valence-corrected chi connectivity index (χ0v) is 29.8. The molecule has 2 aliphatic heterocycles. The Bertz CT molecular complexity index is 1890. The highest BCUT2D eigenvalue weighted by atomic mass is 127. The summed E-state index contributed by atoms with van der Waals surface area (Å²) in [6.45, 7) is 3.03. The predicted octanol–water partition coefficient (Wildman–Crippen LogP) is 6.30. The van der Waals surface area contributed by atoms with E-state index >= 15 is 0 Å². The summed E-state index contributed by atoms with van der Waals surface area (Å²) in [6, 6.07) is 24.6. The summed E-state index contributed by atoms with van der Waals surface area (Å²) in [7, 11) is 0. The molecule has 49 heavy (non-hydrogen) atoms. The van der Waals surface area contributed by atoms with Crippen molar-refractivity contribution in [2.75, 3.05) is 19.6 Å². The summed E-state index contributed by atoms with van der Waals surface area (Å²) in [6.07, 6.45) is 0.219. The largest absolute Gasteiger partial charge is 0.333 e. The predicted molar refractivity (Wildman–Crippen MR) is 196 cm³/mol. The molecule has 0 aromatic heterocycles. The maximum atomic E-state index is 14.3. The summed E-state index contributed by atoms with van der Waals surface area (Å²) >= 11 is 8.68. The van der Waals surface area contributed by atoms with Crippen LogP contribution in [0.2, 0.25) is 5.02 Å². The highest BCUT2D eigenvalue weighted by Gasteiger charge is 2.52. The summed E-state index contributed by atoms with van der Waals surface area (Å²) in [5, 5.41) is 20.4. The lowest BCUT2D eigenvalue weighted by atomic mass is 9.98. The molecular weight excluding hydrogens is 759 g/mol. The number of nitro benzene ring substituents is 1. The van der Waals surface area contributed by atoms with Crippen molar-refractivity contribution >= 4 is 68.5 Å². The number of hydrogen-bond donors (Lipinski definition) is 1. The minimum Gasteiger partial charge on any atom is -0.333 e. The van der Waals surface area contributed by atoms with Gasteiger partial charge in [-0.25, -0.2) is 4.79 Å². The molecule has 1 N–H and O–H groups in total. The number of halogens is 2. The number of fused-ring (bicyclic) bond motifs is 2. The van der Waals surface area contributed by atoms with Crippen LogP contribution in [-0.2, 0) is 33.5 Å². The van der Waals surface area contributed by atoms with Gasteiger partial charge in [-0.05, 0) is 45.5 Å². The molecule has 4 aromatic carbocycles. The van der Waals surface area contributed by atoms with Crippen molar-refractivity contribution in [2.24, 2.45) is 0 Å². The van der Waals surface area contributed by atoms with E-state index in [4.69, 9.17) is 11.6 Å². The summed E-state index contributed by atoms with van der Waals surface area (Å²) in [4.78, 5) is 56.1. The van der Waals surface area contributed by atoms with Crippen molar-refractivity contribution in [3.05, 3.63) is 122 Å². The Kier molecular flexibility index (Phi) is 10.7. The van der Waals surface area contributed by atoms with Crippen molar-refractivity contribution in [1.82, 2.24) is 25.1 Å². The molecule has 2 saturated heterocycles. The van der Waals surface area contributed by atoms with Gasteiger partial charge >= 0.3 is 6.03 Å². The fourth-order valence-electron chi connectivity index (χ4n) is 6.64. The highest BCUT2D eigenvalue weighted by molar-refractivity contribution is 14.1. The number of carbonyl (C=O) groups excluding carboxylic acids is 3. The van der Waals surface area contributed by atoms with Gasteiger partial charge in [-0.1, -0.05) is 108 Å². The Morgan fingerprint density at radius 1 is 1.02 bits per heavy atom. The number of piperazine rings is 1. The maximum Gasteiger partial charge on any atom is 0.332 e. The van der Waals surface area contributed by atoms with Gasteiger partial charge in [0.1, 0.15) is 12.2 Å². The Labute approximate surface area is 303 Å². The second-order valence-corrected chi connectivity index (χ2v) is 13.4. The van der Waals surface area contributed by atoms with Gasteiger partial charge in [0.15, 0.2) is 0 Å². The molecule has 0 radical (unpaired) electrons. The van der Waals surface area contributed by atoms with E-state index in [2.05, 4.69) is 27.9 Å². The smallest absolute Gasteiger partial charge is 0.332 e. The van der Waals surface area contributed by atoms with Crippen LogP contribution in [0.15, 0.2) is 84.9 Å². The van der Waals surface area contributed by atoms with Crippen LogP contribution in [-0.4, -0.2) is 74.4 Å². The molecule has 0 spiro atoms. The molecule has 2 atom stereocenters. The molecule has 2 fully saturated rings. The molecule has 0 aliphatic carbocycles. The van der Waals surface area contributed by atoms with Gasteiger partial charge in [0.05, 0.1) is 18.0 Å². The normalized spacial score (nSPS) is 17.8. The molecule has 11 nitrogen and oxygen atoms in total. The Morgan fingerprint density at radius 2 is 1.76 bits per heavy atom. The lowest BCUT2D eigenvalue weighted by molar-refractivity contribution is -0.384. The van der Waals surface area contributed by atoms with Crippen LogP contribution >= 0.6 is 34.2 Å². The number of nitrogens with zero attached hydrogens (tertiary/aromatic N) is 5. The number of non-ortho nitro benzene ring substituents is 1. The molecule has 254 valence electrons. The summed E-state index contributed by atoms with van der Waals surface area (Å²) < 4.78 is 0.777. The third-order valence-electron chi connectivity index (χ3n) is 9.07. The quantitative estimate of drug-likeness (QED) is 0.0825. The number of hydrogen-bond acceptors (Lipinski definition) is 6. The van der Waals surface area contributed by atoms with Crippen molar-refractivity contribution in [2.45, 2.75) is 49.5 Å². The standard InChI is InChI=1S/C36H36ClIN6O5/c1-2-16-41(36(47)39-20-25-10-13-27(19-38)31(37)17-25)42-23-34(45)43-32(18-24-11-14-29(15-12-24)44(48)49)35(46)40(22-33(42)43)21-28-8-5-7-26-6-3-4-9-30(26)28/h3-15,17,32-33H,2,16,18-23H2,1H3,(H,39,47)/t32-,33+/m0/s1. The van der Waals surface area contributed by atoms with Crippen LogP contribution in [0.25, 0.3) is 10.8 Å². The number of amides is 4. The van der Waals surface area contributed by atoms with E-state index in [1.54, 1.807) is 32.0 Å². The van der Waals surface area contributed by atoms with Gasteiger partial charge in [-0.3, -0.25) is 24.7 Å². The van der Waals surface area contributed by atoms with Crippen LogP contribution in [0.1, 0.15) is 35.6 Å². The third-order valence-corrected chi connectivity index (χ3v) is 10.2. The maximum absolute atomic E-state index is 14.3. The van der Waals surface area contributed by atoms with Gasteiger partial charge < -0.3 is 15.1 Å². The van der Waals surface area contributed by atoms with Crippen LogP contribution in [0, 0.1) is 10.1 Å². The van der Waals surface area contributed by atoms with E-state index in [-0.39, 0.29) is 49.6 Å². The van der Waals surface area contributed by atoms with E-state index in [1.807, 2.05) is 67.6 Å². The summed E-state index contributed by atoms with van der Waals surface area (Å²) in [5.74, 6) is -0.471.